The fourth-order valence-corrected chi connectivity index (χ4v) is 4.76. The Hall–Kier alpha value is -2.83. The second-order valence-electron chi connectivity index (χ2n) is 9.12. The highest BCUT2D eigenvalue weighted by Crippen LogP contribution is 2.25. The third-order valence-corrected chi connectivity index (χ3v) is 6.57. The summed E-state index contributed by atoms with van der Waals surface area (Å²) < 4.78 is 26.9. The molecule has 6 heteroatoms. The van der Waals surface area contributed by atoms with Crippen molar-refractivity contribution in [3.8, 4) is 11.5 Å². The minimum absolute atomic E-state index is 0.213. The second kappa shape index (κ2) is 12.0. The Kier molecular flexibility index (Phi) is 8.61. The van der Waals surface area contributed by atoms with Gasteiger partial charge in [-0.05, 0) is 66.9 Å². The van der Waals surface area contributed by atoms with Crippen LogP contribution in [-0.2, 0) is 13.1 Å². The number of aliphatic hydroxyl groups excluding tert-OH is 1. The summed E-state index contributed by atoms with van der Waals surface area (Å²) in [7, 11) is 1.63. The van der Waals surface area contributed by atoms with E-state index in [4.69, 9.17) is 9.47 Å². The van der Waals surface area contributed by atoms with Gasteiger partial charge in [-0.2, -0.15) is 0 Å². The third kappa shape index (κ3) is 6.84. The molecule has 5 nitrogen and oxygen atoms in total. The Morgan fingerprint density at radius 2 is 1.79 bits per heavy atom. The van der Waals surface area contributed by atoms with Gasteiger partial charge in [0.25, 0.3) is 0 Å². The lowest BCUT2D eigenvalue weighted by Gasteiger charge is -2.35. The van der Waals surface area contributed by atoms with Crippen LogP contribution < -0.4 is 9.47 Å². The molecule has 1 aliphatic rings. The Bertz CT molecular complexity index is 1010. The number of aromatic nitrogens is 1. The first kappa shape index (κ1) is 24.3. The highest BCUT2D eigenvalue weighted by Gasteiger charge is 2.24. The highest BCUT2D eigenvalue weighted by molar-refractivity contribution is 5.31. The highest BCUT2D eigenvalue weighted by atomic mass is 19.1. The SMILES string of the molecule is COc1ccc(OC[C@H](O)CN(Cc2cccn2Cc2cccc(F)c2)C2CCCCC2)cc1. The number of nitrogens with zero attached hydrogens (tertiary/aromatic N) is 2. The van der Waals surface area contributed by atoms with Crippen LogP contribution in [0.1, 0.15) is 43.4 Å². The van der Waals surface area contributed by atoms with E-state index in [1.807, 2.05) is 42.6 Å². The Morgan fingerprint density at radius 3 is 2.53 bits per heavy atom. The summed E-state index contributed by atoms with van der Waals surface area (Å²) in [5.74, 6) is 1.28. The van der Waals surface area contributed by atoms with Gasteiger partial charge in [-0.15, -0.1) is 0 Å². The Labute approximate surface area is 201 Å². The van der Waals surface area contributed by atoms with Crippen molar-refractivity contribution in [1.82, 2.24) is 9.47 Å². The molecule has 0 spiro atoms. The van der Waals surface area contributed by atoms with Crippen molar-refractivity contribution in [3.63, 3.8) is 0 Å². The number of hydrogen-bond donors (Lipinski definition) is 1. The molecule has 0 radical (unpaired) electrons. The lowest BCUT2D eigenvalue weighted by atomic mass is 9.94. The molecule has 34 heavy (non-hydrogen) atoms. The predicted octanol–water partition coefficient (Wildman–Crippen LogP) is 5.26. The van der Waals surface area contributed by atoms with Gasteiger partial charge in [0.15, 0.2) is 0 Å². The Balaban J connectivity index is 1.40. The van der Waals surface area contributed by atoms with Crippen molar-refractivity contribution in [2.75, 3.05) is 20.3 Å². The quantitative estimate of drug-likeness (QED) is 0.419. The molecule has 0 bridgehead atoms. The van der Waals surface area contributed by atoms with Crippen LogP contribution in [0.2, 0.25) is 0 Å². The maximum absolute atomic E-state index is 13.7. The van der Waals surface area contributed by atoms with Gasteiger partial charge in [0.1, 0.15) is 30.0 Å². The molecule has 0 amide bonds. The van der Waals surface area contributed by atoms with Crippen LogP contribution in [0.15, 0.2) is 66.9 Å². The minimum Gasteiger partial charge on any atom is -0.497 e. The average Bonchev–Trinajstić information content (AvgIpc) is 3.29. The monoisotopic (exact) mass is 466 g/mol. The van der Waals surface area contributed by atoms with Gasteiger partial charge in [0.2, 0.25) is 0 Å². The molecule has 0 saturated heterocycles. The van der Waals surface area contributed by atoms with Gasteiger partial charge in [-0.3, -0.25) is 4.90 Å². The minimum atomic E-state index is -0.601. The molecule has 1 aromatic heterocycles. The van der Waals surface area contributed by atoms with Crippen LogP contribution in [0.3, 0.4) is 0 Å². The van der Waals surface area contributed by atoms with Crippen molar-refractivity contribution in [1.29, 1.82) is 0 Å². The second-order valence-corrected chi connectivity index (χ2v) is 9.12. The summed E-state index contributed by atoms with van der Waals surface area (Å²) in [5.41, 5.74) is 2.10. The van der Waals surface area contributed by atoms with Gasteiger partial charge in [0.05, 0.1) is 7.11 Å². The first-order chi connectivity index (χ1) is 16.6. The molecule has 1 atom stereocenters. The first-order valence-corrected chi connectivity index (χ1v) is 12.2. The van der Waals surface area contributed by atoms with E-state index in [0.717, 1.165) is 36.4 Å². The number of hydrogen-bond acceptors (Lipinski definition) is 4. The molecule has 2 aromatic carbocycles. The molecule has 1 aliphatic carbocycles. The number of aliphatic hydroxyl groups is 1. The summed E-state index contributed by atoms with van der Waals surface area (Å²) in [5, 5.41) is 10.8. The summed E-state index contributed by atoms with van der Waals surface area (Å²) in [6.07, 6.45) is 7.48. The van der Waals surface area contributed by atoms with E-state index in [-0.39, 0.29) is 12.4 Å². The normalized spacial score (nSPS) is 15.4. The molecule has 0 aliphatic heterocycles. The molecule has 1 fully saturated rings. The van der Waals surface area contributed by atoms with Crippen molar-refractivity contribution in [2.24, 2.45) is 0 Å². The van der Waals surface area contributed by atoms with Gasteiger partial charge in [-0.25, -0.2) is 4.39 Å². The average molecular weight is 467 g/mol. The molecule has 1 saturated carbocycles. The Morgan fingerprint density at radius 1 is 1.03 bits per heavy atom. The van der Waals surface area contributed by atoms with E-state index >= 15 is 0 Å². The zero-order chi connectivity index (χ0) is 23.8. The largest absolute Gasteiger partial charge is 0.497 e. The molecule has 4 rings (SSSR count). The number of ether oxygens (including phenoxy) is 2. The molecule has 1 heterocycles. The van der Waals surface area contributed by atoms with Crippen LogP contribution >= 0.6 is 0 Å². The van der Waals surface area contributed by atoms with Gasteiger partial charge in [-0.1, -0.05) is 31.4 Å². The lowest BCUT2D eigenvalue weighted by molar-refractivity contribution is 0.0388. The van der Waals surface area contributed by atoms with Crippen LogP contribution in [-0.4, -0.2) is 47.0 Å². The van der Waals surface area contributed by atoms with Crippen molar-refractivity contribution in [3.05, 3.63) is 83.9 Å². The van der Waals surface area contributed by atoms with Crippen molar-refractivity contribution in [2.45, 2.75) is 57.3 Å². The molecular formula is C28H35FN2O3. The van der Waals surface area contributed by atoms with Crippen LogP contribution in [0.25, 0.3) is 0 Å². The summed E-state index contributed by atoms with van der Waals surface area (Å²) in [4.78, 5) is 2.40. The predicted molar refractivity (Wildman–Crippen MR) is 132 cm³/mol. The van der Waals surface area contributed by atoms with Crippen molar-refractivity contribution < 1.29 is 19.0 Å². The summed E-state index contributed by atoms with van der Waals surface area (Å²) in [6, 6.07) is 18.8. The van der Waals surface area contributed by atoms with E-state index < -0.39 is 6.10 Å². The van der Waals surface area contributed by atoms with Crippen LogP contribution in [0.5, 0.6) is 11.5 Å². The zero-order valence-electron chi connectivity index (χ0n) is 19.9. The topological polar surface area (TPSA) is 46.9 Å². The smallest absolute Gasteiger partial charge is 0.123 e. The summed E-state index contributed by atoms with van der Waals surface area (Å²) >= 11 is 0. The number of benzene rings is 2. The first-order valence-electron chi connectivity index (χ1n) is 12.2. The van der Waals surface area contributed by atoms with E-state index in [2.05, 4.69) is 15.5 Å². The fraction of sp³-hybridized carbons (Fsp3) is 0.429. The zero-order valence-corrected chi connectivity index (χ0v) is 19.9. The molecule has 0 unspecified atom stereocenters. The molecular weight excluding hydrogens is 431 g/mol. The molecule has 182 valence electrons. The van der Waals surface area contributed by atoms with E-state index in [9.17, 15) is 9.50 Å². The van der Waals surface area contributed by atoms with Gasteiger partial charge < -0.3 is 19.1 Å². The van der Waals surface area contributed by atoms with E-state index in [1.165, 1.54) is 25.3 Å². The van der Waals surface area contributed by atoms with Crippen LogP contribution in [0.4, 0.5) is 4.39 Å². The standard InChI is InChI=1S/C28H35FN2O3/c1-33-27-12-14-28(15-13-27)34-21-26(32)20-31(24-9-3-2-4-10-24)19-25-11-6-16-30(25)18-22-7-5-8-23(29)17-22/h5-8,11-17,24,26,32H,2-4,9-10,18-21H2,1H3/t26-/m1/s1. The van der Waals surface area contributed by atoms with E-state index in [0.29, 0.717) is 24.9 Å². The number of methoxy groups -OCH3 is 1. The number of halogens is 1. The van der Waals surface area contributed by atoms with E-state index in [1.54, 1.807) is 19.2 Å². The third-order valence-electron chi connectivity index (χ3n) is 6.57. The summed E-state index contributed by atoms with van der Waals surface area (Å²) in [6.45, 7) is 2.15. The lowest BCUT2D eigenvalue weighted by Crippen LogP contribution is -2.43. The van der Waals surface area contributed by atoms with Crippen molar-refractivity contribution >= 4 is 0 Å². The van der Waals surface area contributed by atoms with Gasteiger partial charge in [0, 0.05) is 37.6 Å². The maximum atomic E-state index is 13.7. The molecule has 1 N–H and O–H groups in total. The fourth-order valence-electron chi connectivity index (χ4n) is 4.76. The van der Waals surface area contributed by atoms with Crippen LogP contribution in [0, 0.1) is 5.82 Å². The maximum Gasteiger partial charge on any atom is 0.123 e. The molecule has 3 aromatic rings. The number of rotatable bonds is 11. The van der Waals surface area contributed by atoms with Gasteiger partial charge >= 0.3 is 0 Å².